The van der Waals surface area contributed by atoms with Gasteiger partial charge in [0.2, 0.25) is 10.0 Å². The predicted octanol–water partition coefficient (Wildman–Crippen LogP) is 2.15. The summed E-state index contributed by atoms with van der Waals surface area (Å²) in [5.74, 6) is 0. The van der Waals surface area contributed by atoms with Crippen LogP contribution < -0.4 is 4.72 Å². The van der Waals surface area contributed by atoms with Crippen LogP contribution in [0.4, 0.5) is 0 Å². The zero-order valence-electron chi connectivity index (χ0n) is 11.1. The Balaban J connectivity index is 2.06. The second-order valence-electron chi connectivity index (χ2n) is 4.77. The maximum atomic E-state index is 12.2. The van der Waals surface area contributed by atoms with E-state index in [1.54, 1.807) is 0 Å². The lowest BCUT2D eigenvalue weighted by Crippen LogP contribution is -2.44. The van der Waals surface area contributed by atoms with E-state index in [-0.39, 0.29) is 21.1 Å². The van der Waals surface area contributed by atoms with Crippen LogP contribution in [0.15, 0.2) is 17.2 Å². The van der Waals surface area contributed by atoms with Crippen LogP contribution in [0, 0.1) is 0 Å². The normalized spacial score (nSPS) is 18.4. The lowest BCUT2D eigenvalue weighted by Gasteiger charge is -2.31. The van der Waals surface area contributed by atoms with E-state index < -0.39 is 10.0 Å². The maximum Gasteiger partial charge on any atom is 0.242 e. The highest BCUT2D eigenvalue weighted by Gasteiger charge is 2.24. The van der Waals surface area contributed by atoms with Gasteiger partial charge in [0, 0.05) is 12.2 Å². The van der Waals surface area contributed by atoms with E-state index in [9.17, 15) is 8.42 Å². The van der Waals surface area contributed by atoms with Gasteiger partial charge in [0.1, 0.15) is 10.0 Å². The smallest absolute Gasteiger partial charge is 0.242 e. The fraction of sp³-hybridized carbons (Fsp3) is 0.583. The predicted molar refractivity (Wildman–Crippen MR) is 79.7 cm³/mol. The fourth-order valence-electron chi connectivity index (χ4n) is 2.21. The van der Waals surface area contributed by atoms with Gasteiger partial charge in [-0.1, -0.05) is 30.1 Å². The minimum absolute atomic E-state index is 0.0442. The van der Waals surface area contributed by atoms with Gasteiger partial charge in [0.25, 0.3) is 0 Å². The Morgan fingerprint density at radius 2 is 2.05 bits per heavy atom. The third-order valence-electron chi connectivity index (χ3n) is 3.44. The first kappa shape index (κ1) is 16.0. The number of sulfonamides is 1. The third-order valence-corrected chi connectivity index (χ3v) is 5.61. The van der Waals surface area contributed by atoms with E-state index in [0.717, 1.165) is 32.5 Å². The Morgan fingerprint density at radius 1 is 1.40 bits per heavy atom. The quantitative estimate of drug-likeness (QED) is 0.855. The monoisotopic (exact) mass is 337 g/mol. The average Bonchev–Trinajstić information content (AvgIpc) is 2.42. The summed E-state index contributed by atoms with van der Waals surface area (Å²) in [5, 5.41) is 0.234. The van der Waals surface area contributed by atoms with Gasteiger partial charge in [-0.15, -0.1) is 0 Å². The lowest BCUT2D eigenvalue weighted by atomic mass is 10.1. The van der Waals surface area contributed by atoms with Crippen molar-refractivity contribution >= 4 is 33.2 Å². The molecule has 112 valence electrons. The van der Waals surface area contributed by atoms with Gasteiger partial charge in [0.05, 0.1) is 5.02 Å². The summed E-state index contributed by atoms with van der Waals surface area (Å²) < 4.78 is 27.2. The first-order valence-corrected chi connectivity index (χ1v) is 8.72. The third kappa shape index (κ3) is 3.83. The zero-order chi connectivity index (χ0) is 14.8. The Kier molecular flexibility index (Phi) is 5.25. The SMILES string of the molecule is CCN1CCC(NS(=O)(=O)c2cnc(Cl)c(Cl)c2)CC1. The standard InChI is InChI=1S/C12H17Cl2N3O2S/c1-2-17-5-3-9(4-6-17)16-20(18,19)10-7-11(13)12(14)15-8-10/h7-9,16H,2-6H2,1H3. The zero-order valence-corrected chi connectivity index (χ0v) is 13.5. The Labute approximate surface area is 129 Å². The molecule has 1 aliphatic heterocycles. The molecule has 1 N–H and O–H groups in total. The summed E-state index contributed by atoms with van der Waals surface area (Å²) in [4.78, 5) is 6.11. The highest BCUT2D eigenvalue weighted by molar-refractivity contribution is 7.89. The molecule has 8 heteroatoms. The lowest BCUT2D eigenvalue weighted by molar-refractivity contribution is 0.217. The van der Waals surface area contributed by atoms with Gasteiger partial charge in [-0.25, -0.2) is 18.1 Å². The van der Waals surface area contributed by atoms with Crippen LogP contribution >= 0.6 is 23.2 Å². The molecule has 0 spiro atoms. The second kappa shape index (κ2) is 6.58. The van der Waals surface area contributed by atoms with E-state index in [2.05, 4.69) is 21.5 Å². The van der Waals surface area contributed by atoms with E-state index in [0.29, 0.717) is 0 Å². The number of likely N-dealkylation sites (tertiary alicyclic amines) is 1. The number of rotatable bonds is 4. The molecule has 0 amide bonds. The summed E-state index contributed by atoms with van der Waals surface area (Å²) in [6.45, 7) is 4.91. The number of halogens is 2. The summed E-state index contributed by atoms with van der Waals surface area (Å²) in [7, 11) is -3.60. The van der Waals surface area contributed by atoms with Crippen LogP contribution in [0.3, 0.4) is 0 Å². The van der Waals surface area contributed by atoms with Crippen molar-refractivity contribution in [2.45, 2.75) is 30.7 Å². The Morgan fingerprint density at radius 3 is 2.60 bits per heavy atom. The van der Waals surface area contributed by atoms with Gasteiger partial charge >= 0.3 is 0 Å². The minimum Gasteiger partial charge on any atom is -0.303 e. The number of piperidine rings is 1. The summed E-state index contributed by atoms with van der Waals surface area (Å²) in [6.07, 6.45) is 2.83. The molecule has 0 atom stereocenters. The van der Waals surface area contributed by atoms with Crippen LogP contribution in [0.25, 0.3) is 0 Å². The summed E-state index contributed by atoms with van der Waals surface area (Å²) >= 11 is 11.5. The molecule has 0 bridgehead atoms. The Hall–Kier alpha value is -0.400. The van der Waals surface area contributed by atoms with Crippen molar-refractivity contribution in [1.29, 1.82) is 0 Å². The highest BCUT2D eigenvalue weighted by atomic mass is 35.5. The van der Waals surface area contributed by atoms with Crippen molar-refractivity contribution in [1.82, 2.24) is 14.6 Å². The number of hydrogen-bond donors (Lipinski definition) is 1. The molecule has 0 radical (unpaired) electrons. The van der Waals surface area contributed by atoms with E-state index in [1.807, 2.05) is 0 Å². The minimum atomic E-state index is -3.60. The largest absolute Gasteiger partial charge is 0.303 e. The molecule has 20 heavy (non-hydrogen) atoms. The van der Waals surface area contributed by atoms with Gasteiger partial charge in [-0.2, -0.15) is 0 Å². The highest BCUT2D eigenvalue weighted by Crippen LogP contribution is 2.22. The molecular formula is C12H17Cl2N3O2S. The molecule has 0 saturated carbocycles. The second-order valence-corrected chi connectivity index (χ2v) is 7.25. The topological polar surface area (TPSA) is 62.3 Å². The van der Waals surface area contributed by atoms with Gasteiger partial charge in [-0.3, -0.25) is 0 Å². The van der Waals surface area contributed by atoms with Crippen molar-refractivity contribution in [2.75, 3.05) is 19.6 Å². The Bertz CT molecular complexity index is 572. The molecule has 1 aromatic rings. The number of pyridine rings is 1. The van der Waals surface area contributed by atoms with Crippen LogP contribution in [0.5, 0.6) is 0 Å². The molecule has 1 aliphatic rings. The van der Waals surface area contributed by atoms with Crippen LogP contribution in [-0.4, -0.2) is 44.0 Å². The maximum absolute atomic E-state index is 12.2. The van der Waals surface area contributed by atoms with Gasteiger partial charge < -0.3 is 4.90 Å². The van der Waals surface area contributed by atoms with Crippen molar-refractivity contribution in [3.63, 3.8) is 0 Å². The van der Waals surface area contributed by atoms with Crippen LogP contribution in [-0.2, 0) is 10.0 Å². The molecule has 1 saturated heterocycles. The molecule has 5 nitrogen and oxygen atoms in total. The van der Waals surface area contributed by atoms with Crippen LogP contribution in [0.1, 0.15) is 19.8 Å². The summed E-state index contributed by atoms with van der Waals surface area (Å²) in [5.41, 5.74) is 0. The number of aromatic nitrogens is 1. The van der Waals surface area contributed by atoms with Crippen molar-refractivity contribution in [3.05, 3.63) is 22.4 Å². The van der Waals surface area contributed by atoms with E-state index in [4.69, 9.17) is 23.2 Å². The van der Waals surface area contributed by atoms with Gasteiger partial charge in [-0.05, 0) is 38.5 Å². The average molecular weight is 338 g/mol. The molecule has 0 unspecified atom stereocenters. The first-order valence-electron chi connectivity index (χ1n) is 6.48. The van der Waals surface area contributed by atoms with E-state index in [1.165, 1.54) is 12.3 Å². The van der Waals surface area contributed by atoms with Gasteiger partial charge in [0.15, 0.2) is 0 Å². The van der Waals surface area contributed by atoms with Crippen molar-refractivity contribution in [2.24, 2.45) is 0 Å². The molecule has 0 aliphatic carbocycles. The van der Waals surface area contributed by atoms with Crippen molar-refractivity contribution in [3.8, 4) is 0 Å². The van der Waals surface area contributed by atoms with Crippen molar-refractivity contribution < 1.29 is 8.42 Å². The number of nitrogens with one attached hydrogen (secondary N) is 1. The van der Waals surface area contributed by atoms with Crippen LogP contribution in [0.2, 0.25) is 10.2 Å². The fourth-order valence-corrected chi connectivity index (χ4v) is 3.81. The molecule has 1 fully saturated rings. The molecule has 2 heterocycles. The molecule has 1 aromatic heterocycles. The van der Waals surface area contributed by atoms with E-state index >= 15 is 0 Å². The molecule has 0 aromatic carbocycles. The summed E-state index contributed by atoms with van der Waals surface area (Å²) in [6, 6.07) is 1.28. The first-order chi connectivity index (χ1) is 9.42. The molecule has 2 rings (SSSR count). The number of nitrogens with zero attached hydrogens (tertiary/aromatic N) is 2. The number of hydrogen-bond acceptors (Lipinski definition) is 4. The molecular weight excluding hydrogens is 321 g/mol.